The summed E-state index contributed by atoms with van der Waals surface area (Å²) < 4.78 is 0.635. The third kappa shape index (κ3) is 2.12. The topological polar surface area (TPSA) is 0 Å². The van der Waals surface area contributed by atoms with Crippen LogP contribution < -0.4 is 0 Å². The summed E-state index contributed by atoms with van der Waals surface area (Å²) in [7, 11) is 0. The van der Waals surface area contributed by atoms with Crippen molar-refractivity contribution in [3.63, 3.8) is 0 Å². The molecule has 0 bridgehead atoms. The van der Waals surface area contributed by atoms with Gasteiger partial charge in [0.1, 0.15) is 0 Å². The summed E-state index contributed by atoms with van der Waals surface area (Å²) >= 11 is 4.77. The Morgan fingerprint density at radius 2 is 1.61 bits per heavy atom. The molecular formula is C21H34S2. The molecule has 0 radical (unpaired) electrons. The Balaban J connectivity index is 1.52. The van der Waals surface area contributed by atoms with Crippen LogP contribution in [0.5, 0.6) is 0 Å². The lowest BCUT2D eigenvalue weighted by Crippen LogP contribution is -2.54. The van der Waals surface area contributed by atoms with Gasteiger partial charge >= 0.3 is 0 Å². The van der Waals surface area contributed by atoms with Gasteiger partial charge in [-0.2, -0.15) is 0 Å². The summed E-state index contributed by atoms with van der Waals surface area (Å²) in [5.41, 5.74) is 1.39. The third-order valence-corrected chi connectivity index (χ3v) is 12.8. The molecule has 5 rings (SSSR count). The van der Waals surface area contributed by atoms with Crippen molar-refractivity contribution >= 4 is 23.5 Å². The van der Waals surface area contributed by atoms with Gasteiger partial charge in [0.2, 0.25) is 0 Å². The fraction of sp³-hybridized carbons (Fsp3) is 1.00. The minimum atomic E-state index is 0.635. The van der Waals surface area contributed by atoms with Crippen LogP contribution in [0.2, 0.25) is 0 Å². The molecule has 5 aliphatic rings. The van der Waals surface area contributed by atoms with Gasteiger partial charge in [-0.05, 0) is 85.9 Å². The van der Waals surface area contributed by atoms with E-state index < -0.39 is 0 Å². The van der Waals surface area contributed by atoms with Gasteiger partial charge in [-0.25, -0.2) is 0 Å². The van der Waals surface area contributed by atoms with Gasteiger partial charge < -0.3 is 0 Å². The van der Waals surface area contributed by atoms with E-state index in [1.54, 1.807) is 38.5 Å². The molecule has 1 heterocycles. The molecule has 0 aromatic heterocycles. The van der Waals surface area contributed by atoms with Crippen LogP contribution in [0, 0.1) is 34.5 Å². The van der Waals surface area contributed by atoms with E-state index in [9.17, 15) is 0 Å². The van der Waals surface area contributed by atoms with E-state index in [4.69, 9.17) is 0 Å². The fourth-order valence-corrected chi connectivity index (χ4v) is 12.1. The van der Waals surface area contributed by atoms with E-state index in [0.29, 0.717) is 14.9 Å². The van der Waals surface area contributed by atoms with Crippen LogP contribution in [0.4, 0.5) is 0 Å². The maximum Gasteiger partial charge on any atom is 0.0647 e. The number of rotatable bonds is 0. The second-order valence-electron chi connectivity index (χ2n) is 9.98. The summed E-state index contributed by atoms with van der Waals surface area (Å²) in [6.07, 6.45) is 15.4. The van der Waals surface area contributed by atoms with E-state index >= 15 is 0 Å². The van der Waals surface area contributed by atoms with Crippen molar-refractivity contribution in [2.45, 2.75) is 82.1 Å². The molecule has 130 valence electrons. The van der Waals surface area contributed by atoms with Crippen LogP contribution in [-0.4, -0.2) is 15.6 Å². The molecule has 2 heteroatoms. The van der Waals surface area contributed by atoms with Crippen molar-refractivity contribution in [2.75, 3.05) is 11.5 Å². The molecule has 1 aliphatic heterocycles. The number of hydrogen-bond donors (Lipinski definition) is 0. The Kier molecular flexibility index (Phi) is 3.70. The Bertz CT molecular complexity index is 482. The molecule has 23 heavy (non-hydrogen) atoms. The first-order valence-corrected chi connectivity index (χ1v) is 12.3. The molecule has 4 saturated carbocycles. The Morgan fingerprint density at radius 3 is 2.43 bits per heavy atom. The zero-order valence-electron chi connectivity index (χ0n) is 15.1. The predicted octanol–water partition coefficient (Wildman–Crippen LogP) is 6.60. The van der Waals surface area contributed by atoms with Crippen LogP contribution in [0.1, 0.15) is 78.1 Å². The highest BCUT2D eigenvalue weighted by Crippen LogP contribution is 2.73. The van der Waals surface area contributed by atoms with Crippen LogP contribution in [0.25, 0.3) is 0 Å². The molecule has 0 aromatic carbocycles. The van der Waals surface area contributed by atoms with Crippen molar-refractivity contribution in [3.8, 4) is 0 Å². The molecule has 5 fully saturated rings. The standard InChI is InChI=1S/C21H34S2/c1-19-10-8-17-16(7-6-15-5-3-4-9-20(15,17)2)18(19)21(12-11-19)22-13-14-23-21/h15-18H,3-14H2,1-2H3. The predicted molar refractivity (Wildman–Crippen MR) is 104 cm³/mol. The monoisotopic (exact) mass is 350 g/mol. The average molecular weight is 351 g/mol. The van der Waals surface area contributed by atoms with E-state index in [1.807, 2.05) is 0 Å². The highest BCUT2D eigenvalue weighted by atomic mass is 32.2. The van der Waals surface area contributed by atoms with Crippen molar-refractivity contribution < 1.29 is 0 Å². The number of thioether (sulfide) groups is 2. The highest BCUT2D eigenvalue weighted by Gasteiger charge is 2.65. The molecule has 0 amide bonds. The molecule has 1 saturated heterocycles. The molecule has 0 N–H and O–H groups in total. The minimum Gasteiger partial charge on any atom is -0.143 e. The van der Waals surface area contributed by atoms with Crippen molar-refractivity contribution in [1.82, 2.24) is 0 Å². The Labute approximate surface area is 151 Å². The quantitative estimate of drug-likeness (QED) is 0.483. The van der Waals surface area contributed by atoms with Crippen molar-refractivity contribution in [2.24, 2.45) is 34.5 Å². The van der Waals surface area contributed by atoms with Crippen molar-refractivity contribution in [3.05, 3.63) is 0 Å². The Morgan fingerprint density at radius 1 is 0.783 bits per heavy atom. The summed E-state index contributed by atoms with van der Waals surface area (Å²) in [6, 6.07) is 0. The summed E-state index contributed by atoms with van der Waals surface area (Å²) in [5, 5.41) is 0. The summed E-state index contributed by atoms with van der Waals surface area (Å²) in [5.74, 6) is 7.09. The molecule has 1 spiro atoms. The molecule has 0 aromatic rings. The van der Waals surface area contributed by atoms with Gasteiger partial charge in [0.25, 0.3) is 0 Å². The summed E-state index contributed by atoms with van der Waals surface area (Å²) in [6.45, 7) is 5.42. The van der Waals surface area contributed by atoms with Gasteiger partial charge in [-0.15, -0.1) is 23.5 Å². The molecule has 6 atom stereocenters. The first-order valence-electron chi connectivity index (χ1n) is 10.4. The maximum atomic E-state index is 2.73. The van der Waals surface area contributed by atoms with Gasteiger partial charge in [0, 0.05) is 11.5 Å². The second-order valence-corrected chi connectivity index (χ2v) is 13.1. The fourth-order valence-electron chi connectivity index (χ4n) is 8.12. The minimum absolute atomic E-state index is 0.635. The Hall–Kier alpha value is 0.700. The van der Waals surface area contributed by atoms with E-state index in [2.05, 4.69) is 37.4 Å². The first kappa shape index (κ1) is 15.9. The van der Waals surface area contributed by atoms with Gasteiger partial charge in [0.15, 0.2) is 0 Å². The van der Waals surface area contributed by atoms with E-state index in [1.165, 1.54) is 37.2 Å². The third-order valence-electron chi connectivity index (χ3n) is 9.16. The first-order chi connectivity index (χ1) is 11.1. The van der Waals surface area contributed by atoms with E-state index in [0.717, 1.165) is 23.7 Å². The zero-order valence-corrected chi connectivity index (χ0v) is 16.7. The SMILES string of the molecule is CC12CCC3C(CCC4CCCCC43C)C1C1(CC2)SCCS1. The second kappa shape index (κ2) is 5.35. The molecule has 0 nitrogen and oxygen atoms in total. The zero-order chi connectivity index (χ0) is 15.7. The lowest BCUT2D eigenvalue weighted by molar-refractivity contribution is -0.103. The average Bonchev–Trinajstić information content (AvgIpc) is 3.13. The smallest absolute Gasteiger partial charge is 0.0647 e. The van der Waals surface area contributed by atoms with Crippen LogP contribution in [0.3, 0.4) is 0 Å². The highest BCUT2D eigenvalue weighted by molar-refractivity contribution is 8.21. The lowest BCUT2D eigenvalue weighted by Gasteiger charge is -2.61. The maximum absolute atomic E-state index is 2.73. The van der Waals surface area contributed by atoms with Crippen LogP contribution in [-0.2, 0) is 0 Å². The van der Waals surface area contributed by atoms with Crippen LogP contribution in [0.15, 0.2) is 0 Å². The molecular weight excluding hydrogens is 316 g/mol. The number of fused-ring (bicyclic) bond motifs is 6. The van der Waals surface area contributed by atoms with E-state index in [-0.39, 0.29) is 0 Å². The van der Waals surface area contributed by atoms with Gasteiger partial charge in [0.05, 0.1) is 4.08 Å². The van der Waals surface area contributed by atoms with Crippen molar-refractivity contribution in [1.29, 1.82) is 0 Å². The van der Waals surface area contributed by atoms with Gasteiger partial charge in [-0.1, -0.05) is 26.7 Å². The largest absolute Gasteiger partial charge is 0.143 e. The summed E-state index contributed by atoms with van der Waals surface area (Å²) in [4.78, 5) is 0. The van der Waals surface area contributed by atoms with Crippen LogP contribution >= 0.6 is 23.5 Å². The molecule has 4 aliphatic carbocycles. The lowest BCUT2D eigenvalue weighted by atomic mass is 9.45. The number of hydrogen-bond acceptors (Lipinski definition) is 2. The van der Waals surface area contributed by atoms with Gasteiger partial charge in [-0.3, -0.25) is 0 Å². The molecule has 6 unspecified atom stereocenters. The normalized spacial score (nSPS) is 54.5.